The Morgan fingerprint density at radius 3 is 2.55 bits per heavy atom. The van der Waals surface area contributed by atoms with Crippen molar-refractivity contribution >= 4 is 33.9 Å². The Hall–Kier alpha value is -1.97. The molecule has 0 spiro atoms. The summed E-state index contributed by atoms with van der Waals surface area (Å²) in [6.45, 7) is 11.1. The minimum atomic E-state index is -1.49. The van der Waals surface area contributed by atoms with Gasteiger partial charge in [0.2, 0.25) is 5.95 Å². The van der Waals surface area contributed by atoms with Crippen molar-refractivity contribution in [2.45, 2.75) is 39.4 Å². The molecule has 2 heterocycles. The predicted molar refractivity (Wildman–Crippen MR) is 115 cm³/mol. The maximum absolute atomic E-state index is 14.9. The fraction of sp³-hybridized carbons (Fsp3) is 0.550. The van der Waals surface area contributed by atoms with Crippen molar-refractivity contribution in [2.75, 3.05) is 31.2 Å². The third-order valence-electron chi connectivity index (χ3n) is 4.88. The third-order valence-corrected chi connectivity index (χ3v) is 6.36. The smallest absolute Gasteiger partial charge is 0.265 e. The molecular formula is C20H27FN4O3S. The number of hydrogen-bond donors (Lipinski definition) is 0. The number of benzene rings is 1. The third kappa shape index (κ3) is 4.17. The second-order valence-corrected chi connectivity index (χ2v) is 10.1. The summed E-state index contributed by atoms with van der Waals surface area (Å²) in [5.41, 5.74) is 1.08. The maximum Gasteiger partial charge on any atom is 0.265 e. The highest BCUT2D eigenvalue weighted by Gasteiger charge is 2.28. The van der Waals surface area contributed by atoms with Gasteiger partial charge in [-0.2, -0.15) is 0 Å². The second kappa shape index (κ2) is 8.04. The van der Waals surface area contributed by atoms with Gasteiger partial charge in [0, 0.05) is 25.7 Å². The van der Waals surface area contributed by atoms with Crippen LogP contribution in [0.1, 0.15) is 38.8 Å². The molecule has 9 heteroatoms. The first-order valence-electron chi connectivity index (χ1n) is 9.52. The number of halogens is 1. The number of nitrogens with zero attached hydrogens (tertiary/aromatic N) is 4. The average molecular weight is 423 g/mol. The summed E-state index contributed by atoms with van der Waals surface area (Å²) >= 11 is -1.49. The van der Waals surface area contributed by atoms with Gasteiger partial charge < -0.3 is 14.2 Å². The average Bonchev–Trinajstić information content (AvgIpc) is 2.66. The van der Waals surface area contributed by atoms with Crippen molar-refractivity contribution < 1.29 is 13.7 Å². The number of anilines is 1. The van der Waals surface area contributed by atoms with Gasteiger partial charge in [0.1, 0.15) is 27.3 Å². The SMILES string of the molecule is C/C(=N\[S@+]([O-])C(C)(C)C)c1cc(C)c(F)c2c(=O)n(C)c(N3CCOCC3)nc12. The van der Waals surface area contributed by atoms with Crippen molar-refractivity contribution in [1.29, 1.82) is 0 Å². The monoisotopic (exact) mass is 422 g/mol. The molecule has 1 aliphatic heterocycles. The van der Waals surface area contributed by atoms with E-state index in [0.29, 0.717) is 49.1 Å². The van der Waals surface area contributed by atoms with Crippen molar-refractivity contribution in [2.24, 2.45) is 11.4 Å². The molecule has 1 aliphatic rings. The quantitative estimate of drug-likeness (QED) is 0.561. The van der Waals surface area contributed by atoms with E-state index in [9.17, 15) is 13.7 Å². The van der Waals surface area contributed by atoms with Crippen LogP contribution in [0.5, 0.6) is 0 Å². The van der Waals surface area contributed by atoms with Gasteiger partial charge in [0.15, 0.2) is 0 Å². The van der Waals surface area contributed by atoms with Gasteiger partial charge >= 0.3 is 0 Å². The van der Waals surface area contributed by atoms with Crippen LogP contribution in [0.25, 0.3) is 10.9 Å². The Labute approximate surface area is 172 Å². The van der Waals surface area contributed by atoms with E-state index in [1.54, 1.807) is 27.0 Å². The summed E-state index contributed by atoms with van der Waals surface area (Å²) in [4.78, 5) is 19.7. The molecule has 1 saturated heterocycles. The van der Waals surface area contributed by atoms with Crippen LogP contribution in [-0.2, 0) is 23.1 Å². The van der Waals surface area contributed by atoms with Crippen LogP contribution in [-0.4, -0.2) is 50.9 Å². The number of hydrogen-bond acceptors (Lipinski definition) is 6. The number of fused-ring (bicyclic) bond motifs is 1. The zero-order valence-corrected chi connectivity index (χ0v) is 18.5. The van der Waals surface area contributed by atoms with Crippen molar-refractivity contribution in [1.82, 2.24) is 9.55 Å². The Balaban J connectivity index is 2.28. The van der Waals surface area contributed by atoms with Crippen molar-refractivity contribution in [3.05, 3.63) is 33.4 Å². The van der Waals surface area contributed by atoms with Crippen LogP contribution < -0.4 is 10.5 Å². The van der Waals surface area contributed by atoms with E-state index < -0.39 is 27.5 Å². The van der Waals surface area contributed by atoms with Gasteiger partial charge in [0.25, 0.3) is 5.56 Å². The van der Waals surface area contributed by atoms with Gasteiger partial charge in [-0.3, -0.25) is 9.36 Å². The van der Waals surface area contributed by atoms with Gasteiger partial charge in [-0.1, -0.05) is 4.40 Å². The van der Waals surface area contributed by atoms with Gasteiger partial charge in [-0.05, 0) is 46.2 Å². The van der Waals surface area contributed by atoms with E-state index in [-0.39, 0.29) is 10.9 Å². The fourth-order valence-electron chi connectivity index (χ4n) is 3.16. The molecule has 3 rings (SSSR count). The lowest BCUT2D eigenvalue weighted by Gasteiger charge is -2.29. The number of morpholine rings is 1. The standard InChI is InChI=1S/C20H27FN4O3S/c1-12-11-14(13(2)23-29(27)20(3,4)5)17-15(16(12)21)18(26)24(6)19(22-17)25-7-9-28-10-8-25/h11H,7-10H2,1-6H3/b23-13+/t29-/m1/s1. The molecule has 0 amide bonds. The summed E-state index contributed by atoms with van der Waals surface area (Å²) in [5.74, 6) is -0.129. The highest BCUT2D eigenvalue weighted by molar-refractivity contribution is 7.91. The number of ether oxygens (including phenoxy) is 1. The molecule has 0 aliphatic carbocycles. The lowest BCUT2D eigenvalue weighted by Crippen LogP contribution is -2.40. The molecule has 1 aromatic carbocycles. The van der Waals surface area contributed by atoms with E-state index in [0.717, 1.165) is 0 Å². The summed E-state index contributed by atoms with van der Waals surface area (Å²) < 4.78 is 38.0. The van der Waals surface area contributed by atoms with Crippen molar-refractivity contribution in [3.63, 3.8) is 0 Å². The molecule has 7 nitrogen and oxygen atoms in total. The van der Waals surface area contributed by atoms with E-state index in [1.807, 2.05) is 25.7 Å². The van der Waals surface area contributed by atoms with Crippen molar-refractivity contribution in [3.8, 4) is 0 Å². The van der Waals surface area contributed by atoms with E-state index in [4.69, 9.17) is 4.74 Å². The lowest BCUT2D eigenvalue weighted by atomic mass is 10.0. The van der Waals surface area contributed by atoms with Gasteiger partial charge in [-0.15, -0.1) is 0 Å². The highest BCUT2D eigenvalue weighted by atomic mass is 32.2. The Kier molecular flexibility index (Phi) is 6.03. The van der Waals surface area contributed by atoms with Crippen LogP contribution in [0.15, 0.2) is 15.3 Å². The molecule has 0 bridgehead atoms. The Bertz CT molecular complexity index is 1020. The minimum Gasteiger partial charge on any atom is -0.591 e. The number of aryl methyl sites for hydroxylation is 1. The topological polar surface area (TPSA) is 82.8 Å². The minimum absolute atomic E-state index is 0.0735. The number of rotatable bonds is 3. The first-order chi connectivity index (χ1) is 13.5. The molecule has 0 radical (unpaired) electrons. The molecule has 1 atom stereocenters. The fourth-order valence-corrected chi connectivity index (χ4v) is 3.78. The summed E-state index contributed by atoms with van der Waals surface area (Å²) in [5, 5.41) is -0.0735. The zero-order chi connectivity index (χ0) is 21.5. The van der Waals surface area contributed by atoms with E-state index >= 15 is 0 Å². The maximum atomic E-state index is 14.9. The molecular weight excluding hydrogens is 395 g/mol. The number of aromatic nitrogens is 2. The first kappa shape index (κ1) is 21.7. The normalized spacial score (nSPS) is 17.1. The molecule has 158 valence electrons. The second-order valence-electron chi connectivity index (χ2n) is 8.19. The lowest BCUT2D eigenvalue weighted by molar-refractivity contribution is 0.121. The predicted octanol–water partition coefficient (Wildman–Crippen LogP) is 2.49. The largest absolute Gasteiger partial charge is 0.591 e. The molecule has 0 unspecified atom stereocenters. The molecule has 0 N–H and O–H groups in total. The van der Waals surface area contributed by atoms with Crippen LogP contribution in [0.2, 0.25) is 0 Å². The van der Waals surface area contributed by atoms with Gasteiger partial charge in [0.05, 0.1) is 24.4 Å². The Morgan fingerprint density at radius 2 is 1.97 bits per heavy atom. The van der Waals surface area contributed by atoms with Crippen LogP contribution in [0.4, 0.5) is 10.3 Å². The molecule has 1 aromatic heterocycles. The zero-order valence-electron chi connectivity index (χ0n) is 17.7. The summed E-state index contributed by atoms with van der Waals surface area (Å²) in [7, 11) is 1.59. The van der Waals surface area contributed by atoms with Gasteiger partial charge in [-0.25, -0.2) is 9.37 Å². The van der Waals surface area contributed by atoms with E-state index in [2.05, 4.69) is 9.38 Å². The van der Waals surface area contributed by atoms with Crippen LogP contribution >= 0.6 is 0 Å². The molecule has 1 fully saturated rings. The first-order valence-corrected chi connectivity index (χ1v) is 10.6. The highest BCUT2D eigenvalue weighted by Crippen LogP contribution is 2.26. The molecule has 0 saturated carbocycles. The summed E-state index contributed by atoms with van der Waals surface area (Å²) in [6.07, 6.45) is 0. The van der Waals surface area contributed by atoms with Crippen LogP contribution in [0, 0.1) is 12.7 Å². The summed E-state index contributed by atoms with van der Waals surface area (Å²) in [6, 6.07) is 1.62. The Morgan fingerprint density at radius 1 is 1.34 bits per heavy atom. The van der Waals surface area contributed by atoms with E-state index in [1.165, 1.54) is 4.57 Å². The molecule has 29 heavy (non-hydrogen) atoms. The molecule has 2 aromatic rings. The van der Waals surface area contributed by atoms with Crippen LogP contribution in [0.3, 0.4) is 0 Å².